The molecule has 5 atom stereocenters. The highest BCUT2D eigenvalue weighted by Gasteiger charge is 2.56. The molecule has 4 N–H and O–H groups in total. The average Bonchev–Trinajstić information content (AvgIpc) is 3.16. The van der Waals surface area contributed by atoms with E-state index in [-0.39, 0.29) is 11.6 Å². The molecule has 214 valence electrons. The van der Waals surface area contributed by atoms with Crippen molar-refractivity contribution in [2.75, 3.05) is 18.9 Å². The zero-order valence-electron chi connectivity index (χ0n) is 21.8. The normalized spacial score (nSPS) is 24.1. The third kappa shape index (κ3) is 6.24. The SMILES string of the molecule is C=C[C@]1(COP(=O)(NCC(=O)OC(C)C)Oc2cccc3ccccc23)O[C@@H](n2ccc(N)nc2=O)[C@H](O)[C@@H]1F. The molecule has 1 saturated heterocycles. The number of esters is 1. The Morgan fingerprint density at radius 3 is 2.75 bits per heavy atom. The summed E-state index contributed by atoms with van der Waals surface area (Å²) in [4.78, 5) is 28.1. The number of aliphatic hydroxyl groups is 1. The molecule has 14 heteroatoms. The second-order valence-corrected chi connectivity index (χ2v) is 11.1. The number of hydrogen-bond donors (Lipinski definition) is 3. The first-order valence-corrected chi connectivity index (χ1v) is 13.9. The monoisotopic (exact) mass is 576 g/mol. The summed E-state index contributed by atoms with van der Waals surface area (Å²) in [7, 11) is -4.43. The highest BCUT2D eigenvalue weighted by atomic mass is 31.2. The average molecular weight is 577 g/mol. The zero-order valence-corrected chi connectivity index (χ0v) is 22.7. The fourth-order valence-electron chi connectivity index (χ4n) is 4.13. The van der Waals surface area contributed by atoms with Crippen LogP contribution in [0.2, 0.25) is 0 Å². The predicted molar refractivity (Wildman–Crippen MR) is 144 cm³/mol. The molecule has 0 aliphatic carbocycles. The van der Waals surface area contributed by atoms with E-state index in [0.717, 1.165) is 16.0 Å². The van der Waals surface area contributed by atoms with Crippen LogP contribution in [0.3, 0.4) is 0 Å². The van der Waals surface area contributed by atoms with E-state index in [9.17, 15) is 19.3 Å². The predicted octanol–water partition coefficient (Wildman–Crippen LogP) is 2.88. The number of aliphatic hydroxyl groups excluding tert-OH is 1. The van der Waals surface area contributed by atoms with Crippen LogP contribution in [0.4, 0.5) is 10.2 Å². The quantitative estimate of drug-likeness (QED) is 0.175. The Balaban J connectivity index is 1.61. The van der Waals surface area contributed by atoms with E-state index in [4.69, 9.17) is 24.3 Å². The van der Waals surface area contributed by atoms with Crippen LogP contribution in [-0.2, 0) is 23.4 Å². The molecule has 0 radical (unpaired) electrons. The van der Waals surface area contributed by atoms with Crippen molar-refractivity contribution in [3.8, 4) is 5.75 Å². The molecule has 1 aliphatic heterocycles. The van der Waals surface area contributed by atoms with Crippen molar-refractivity contribution in [2.45, 2.75) is 44.1 Å². The molecule has 1 aliphatic rings. The summed E-state index contributed by atoms with van der Waals surface area (Å²) in [5, 5.41) is 14.4. The van der Waals surface area contributed by atoms with Crippen molar-refractivity contribution in [1.29, 1.82) is 0 Å². The largest absolute Gasteiger partial charge is 0.462 e. The molecule has 1 unspecified atom stereocenters. The van der Waals surface area contributed by atoms with Crippen molar-refractivity contribution in [3.63, 3.8) is 0 Å². The van der Waals surface area contributed by atoms with Gasteiger partial charge in [-0.3, -0.25) is 13.9 Å². The number of carbonyl (C=O) groups is 1. The maximum Gasteiger partial charge on any atom is 0.459 e. The van der Waals surface area contributed by atoms with Crippen LogP contribution in [0, 0.1) is 0 Å². The number of halogens is 1. The van der Waals surface area contributed by atoms with Crippen LogP contribution in [0.1, 0.15) is 20.1 Å². The number of nitrogens with zero attached hydrogens (tertiary/aromatic N) is 2. The topological polar surface area (TPSA) is 164 Å². The first kappa shape index (κ1) is 29.4. The number of nitrogens with one attached hydrogen (secondary N) is 1. The van der Waals surface area contributed by atoms with Gasteiger partial charge >= 0.3 is 19.4 Å². The van der Waals surface area contributed by atoms with Crippen molar-refractivity contribution in [2.24, 2.45) is 0 Å². The van der Waals surface area contributed by atoms with Gasteiger partial charge in [-0.05, 0) is 31.4 Å². The number of ether oxygens (including phenoxy) is 2. The van der Waals surface area contributed by atoms with Crippen LogP contribution in [0.5, 0.6) is 5.75 Å². The number of nitrogens with two attached hydrogens (primary N) is 1. The maximum atomic E-state index is 15.5. The van der Waals surface area contributed by atoms with E-state index in [1.807, 2.05) is 18.2 Å². The van der Waals surface area contributed by atoms with Gasteiger partial charge in [0, 0.05) is 11.6 Å². The van der Waals surface area contributed by atoms with Gasteiger partial charge in [-0.25, -0.2) is 18.8 Å². The number of alkyl halides is 1. The number of anilines is 1. The van der Waals surface area contributed by atoms with Gasteiger partial charge in [0.25, 0.3) is 0 Å². The summed E-state index contributed by atoms with van der Waals surface area (Å²) >= 11 is 0. The summed E-state index contributed by atoms with van der Waals surface area (Å²) in [6.07, 6.45) is -3.74. The molecule has 0 amide bonds. The number of carbonyl (C=O) groups excluding carboxylic acids is 1. The van der Waals surface area contributed by atoms with Gasteiger partial charge in [0.15, 0.2) is 12.4 Å². The Bertz CT molecular complexity index is 1500. The van der Waals surface area contributed by atoms with Crippen LogP contribution in [0.15, 0.2) is 72.2 Å². The molecule has 12 nitrogen and oxygen atoms in total. The molecular formula is C26H30FN4O8P. The standard InChI is InChI=1S/C26H30FN4O8P/c1-4-26(23(27)22(33)24(38-26)31-13-12-20(28)30-25(31)34)15-36-40(35,29-14-21(32)37-16(2)3)39-19-11-7-9-17-8-5-6-10-18(17)19/h4-13,16,22-24,33H,1,14-15H2,2-3H3,(H,29,35)(H2,28,30,34)/t22-,23+,24-,26-,40?/m1/s1. The number of nitrogen functional groups attached to an aromatic ring is 1. The molecule has 4 rings (SSSR count). The molecule has 0 bridgehead atoms. The number of fused-ring (bicyclic) bond motifs is 1. The summed E-state index contributed by atoms with van der Waals surface area (Å²) in [5.41, 5.74) is 2.57. The van der Waals surface area contributed by atoms with Crippen molar-refractivity contribution in [1.82, 2.24) is 14.6 Å². The molecule has 0 spiro atoms. The Labute approximate surface area is 229 Å². The van der Waals surface area contributed by atoms with Crippen LogP contribution in [0.25, 0.3) is 10.8 Å². The molecule has 2 aromatic carbocycles. The number of rotatable bonds is 11. The Hall–Kier alpha value is -3.61. The zero-order chi connectivity index (χ0) is 29.1. The smallest absolute Gasteiger partial charge is 0.459 e. The molecule has 2 heterocycles. The lowest BCUT2D eigenvalue weighted by Crippen LogP contribution is -2.43. The Morgan fingerprint density at radius 2 is 2.05 bits per heavy atom. The highest BCUT2D eigenvalue weighted by Crippen LogP contribution is 2.49. The van der Waals surface area contributed by atoms with Crippen molar-refractivity contribution < 1.29 is 37.4 Å². The van der Waals surface area contributed by atoms with Gasteiger partial charge in [-0.2, -0.15) is 4.98 Å². The van der Waals surface area contributed by atoms with E-state index in [2.05, 4.69) is 16.7 Å². The minimum atomic E-state index is -4.43. The molecule has 1 fully saturated rings. The third-order valence-electron chi connectivity index (χ3n) is 6.08. The van der Waals surface area contributed by atoms with E-state index < -0.39 is 62.8 Å². The summed E-state index contributed by atoms with van der Waals surface area (Å²) in [5.74, 6) is -0.636. The van der Waals surface area contributed by atoms with E-state index in [0.29, 0.717) is 5.39 Å². The molecule has 40 heavy (non-hydrogen) atoms. The van der Waals surface area contributed by atoms with Gasteiger partial charge in [-0.1, -0.05) is 42.5 Å². The number of benzene rings is 2. The van der Waals surface area contributed by atoms with Gasteiger partial charge in [0.05, 0.1) is 12.7 Å². The van der Waals surface area contributed by atoms with Gasteiger partial charge < -0.3 is 24.8 Å². The van der Waals surface area contributed by atoms with Gasteiger partial charge in [0.1, 0.15) is 29.8 Å². The molecule has 3 aromatic rings. The molecule has 0 saturated carbocycles. The lowest BCUT2D eigenvalue weighted by molar-refractivity contribution is -0.146. The summed E-state index contributed by atoms with van der Waals surface area (Å²) in [6, 6.07) is 13.5. The Morgan fingerprint density at radius 1 is 1.32 bits per heavy atom. The summed E-state index contributed by atoms with van der Waals surface area (Å²) in [6.45, 7) is 5.55. The van der Waals surface area contributed by atoms with E-state index in [1.165, 1.54) is 12.3 Å². The molecular weight excluding hydrogens is 546 g/mol. The van der Waals surface area contributed by atoms with Crippen LogP contribution in [-0.4, -0.2) is 57.8 Å². The first-order valence-electron chi connectivity index (χ1n) is 12.3. The maximum absolute atomic E-state index is 15.5. The molecule has 1 aromatic heterocycles. The Kier molecular flexibility index (Phi) is 8.71. The van der Waals surface area contributed by atoms with E-state index >= 15 is 4.39 Å². The lowest BCUT2D eigenvalue weighted by Gasteiger charge is -2.29. The first-order chi connectivity index (χ1) is 19.0. The minimum Gasteiger partial charge on any atom is -0.462 e. The summed E-state index contributed by atoms with van der Waals surface area (Å²) < 4.78 is 52.6. The number of aromatic nitrogens is 2. The van der Waals surface area contributed by atoms with Crippen molar-refractivity contribution >= 4 is 30.3 Å². The minimum absolute atomic E-state index is 0.0718. The third-order valence-corrected chi connectivity index (χ3v) is 7.53. The fraction of sp³-hybridized carbons (Fsp3) is 0.346. The van der Waals surface area contributed by atoms with Gasteiger partial charge in [-0.15, -0.1) is 6.58 Å². The van der Waals surface area contributed by atoms with E-state index in [1.54, 1.807) is 38.1 Å². The van der Waals surface area contributed by atoms with Crippen LogP contribution < -0.4 is 21.0 Å². The number of hydrogen-bond acceptors (Lipinski definition) is 10. The van der Waals surface area contributed by atoms with Crippen molar-refractivity contribution in [3.05, 3.63) is 77.9 Å². The van der Waals surface area contributed by atoms with Crippen LogP contribution >= 0.6 is 7.75 Å². The highest BCUT2D eigenvalue weighted by molar-refractivity contribution is 7.52. The fourth-order valence-corrected chi connectivity index (χ4v) is 5.45. The van der Waals surface area contributed by atoms with Gasteiger partial charge in [0.2, 0.25) is 0 Å². The lowest BCUT2D eigenvalue weighted by atomic mass is 9.98. The second kappa shape index (κ2) is 11.9. The second-order valence-electron chi connectivity index (χ2n) is 9.32.